The number of esters is 1. The number of hydrogen-bond donors (Lipinski definition) is 0. The molecule has 3 rings (SSSR count). The largest absolute Gasteiger partial charge is 0.462 e. The summed E-state index contributed by atoms with van der Waals surface area (Å²) < 4.78 is 11.5. The molecule has 1 aromatic carbocycles. The molecule has 0 saturated heterocycles. The monoisotopic (exact) mass is 363 g/mol. The highest BCUT2D eigenvalue weighted by molar-refractivity contribution is 9.10. The first kappa shape index (κ1) is 14.0. The maximum absolute atomic E-state index is 11.9. The molecule has 0 aliphatic rings. The van der Waals surface area contributed by atoms with Crippen LogP contribution in [0.4, 0.5) is 0 Å². The van der Waals surface area contributed by atoms with Crippen LogP contribution in [0, 0.1) is 0 Å². The van der Waals surface area contributed by atoms with Crippen LogP contribution < -0.4 is 4.74 Å². The lowest BCUT2D eigenvalue weighted by Crippen LogP contribution is -2.11. The van der Waals surface area contributed by atoms with Gasteiger partial charge in [0, 0.05) is 9.85 Å². The van der Waals surface area contributed by atoms with Gasteiger partial charge < -0.3 is 9.15 Å². The van der Waals surface area contributed by atoms with Crippen molar-refractivity contribution in [1.29, 1.82) is 0 Å². The Bertz CT molecular complexity index is 735. The van der Waals surface area contributed by atoms with Gasteiger partial charge in [0.2, 0.25) is 0 Å². The molecule has 2 aromatic heterocycles. The maximum Gasteiger partial charge on any atom is 0.317 e. The van der Waals surface area contributed by atoms with Gasteiger partial charge in [-0.1, -0.05) is 15.9 Å². The van der Waals surface area contributed by atoms with Crippen LogP contribution in [0.1, 0.15) is 5.69 Å². The van der Waals surface area contributed by atoms with E-state index in [-0.39, 0.29) is 12.4 Å². The van der Waals surface area contributed by atoms with Crippen LogP contribution >= 0.6 is 27.3 Å². The zero-order chi connectivity index (χ0) is 14.7. The number of benzene rings is 1. The first-order valence-corrected chi connectivity index (χ1v) is 7.82. The van der Waals surface area contributed by atoms with Crippen molar-refractivity contribution in [3.05, 3.63) is 58.2 Å². The van der Waals surface area contributed by atoms with Gasteiger partial charge in [0.1, 0.15) is 5.75 Å². The summed E-state index contributed by atoms with van der Waals surface area (Å²) in [5.74, 6) is 0.880. The van der Waals surface area contributed by atoms with Crippen molar-refractivity contribution in [2.75, 3.05) is 0 Å². The second-order valence-corrected chi connectivity index (χ2v) is 6.00. The van der Waals surface area contributed by atoms with Crippen molar-refractivity contribution >= 4 is 33.2 Å². The van der Waals surface area contributed by atoms with Gasteiger partial charge in [-0.3, -0.25) is 4.79 Å². The average molecular weight is 364 g/mol. The summed E-state index contributed by atoms with van der Waals surface area (Å²) in [6.45, 7) is 0. The Kier molecular flexibility index (Phi) is 4.17. The standard InChI is InChI=1S/C15H10BrNO3S/c16-10-3-5-12(6-4-10)20-14(18)8-11-9-21-15(17-11)13-2-1-7-19-13/h1-7,9H,8H2. The fourth-order valence-electron chi connectivity index (χ4n) is 1.72. The first-order valence-electron chi connectivity index (χ1n) is 6.15. The second-order valence-electron chi connectivity index (χ2n) is 4.23. The molecule has 106 valence electrons. The SMILES string of the molecule is O=C(Cc1csc(-c2ccco2)n1)Oc1ccc(Br)cc1. The van der Waals surface area contributed by atoms with Crippen molar-refractivity contribution < 1.29 is 13.9 Å². The van der Waals surface area contributed by atoms with Crippen LogP contribution in [0.2, 0.25) is 0 Å². The third kappa shape index (κ3) is 3.59. The zero-order valence-corrected chi connectivity index (χ0v) is 13.2. The fraction of sp³-hybridized carbons (Fsp3) is 0.0667. The topological polar surface area (TPSA) is 52.3 Å². The van der Waals surface area contributed by atoms with E-state index in [4.69, 9.17) is 9.15 Å². The van der Waals surface area contributed by atoms with Crippen molar-refractivity contribution in [2.24, 2.45) is 0 Å². The van der Waals surface area contributed by atoms with Crippen LogP contribution in [-0.4, -0.2) is 11.0 Å². The van der Waals surface area contributed by atoms with Crippen molar-refractivity contribution in [3.8, 4) is 16.5 Å². The van der Waals surface area contributed by atoms with Crippen molar-refractivity contribution in [2.45, 2.75) is 6.42 Å². The molecule has 0 saturated carbocycles. The molecule has 0 N–H and O–H groups in total. The minimum atomic E-state index is -0.339. The molecule has 21 heavy (non-hydrogen) atoms. The van der Waals surface area contributed by atoms with E-state index in [1.807, 2.05) is 23.6 Å². The number of ether oxygens (including phenoxy) is 1. The molecule has 0 fully saturated rings. The molecule has 3 aromatic rings. The quantitative estimate of drug-likeness (QED) is 0.511. The number of carbonyl (C=O) groups is 1. The first-order chi connectivity index (χ1) is 10.2. The summed E-state index contributed by atoms with van der Waals surface area (Å²) in [4.78, 5) is 16.2. The Labute approximate surface area is 133 Å². The summed E-state index contributed by atoms with van der Waals surface area (Å²) in [5, 5.41) is 2.59. The molecule has 0 unspecified atom stereocenters. The predicted octanol–water partition coefficient (Wildman–Crippen LogP) is 4.31. The van der Waals surface area contributed by atoms with E-state index in [0.717, 1.165) is 9.48 Å². The van der Waals surface area contributed by atoms with E-state index in [2.05, 4.69) is 20.9 Å². The molecule has 0 atom stereocenters. The molecular weight excluding hydrogens is 354 g/mol. The number of thiazole rings is 1. The Morgan fingerprint density at radius 2 is 2.10 bits per heavy atom. The van der Waals surface area contributed by atoms with Crippen molar-refractivity contribution in [1.82, 2.24) is 4.98 Å². The van der Waals surface area contributed by atoms with Gasteiger partial charge >= 0.3 is 5.97 Å². The van der Waals surface area contributed by atoms with E-state index in [9.17, 15) is 4.79 Å². The molecule has 6 heteroatoms. The number of halogens is 1. The normalized spacial score (nSPS) is 10.5. The summed E-state index contributed by atoms with van der Waals surface area (Å²) in [6, 6.07) is 10.7. The van der Waals surface area contributed by atoms with Crippen LogP contribution in [0.25, 0.3) is 10.8 Å². The van der Waals surface area contributed by atoms with Gasteiger partial charge in [-0.15, -0.1) is 11.3 Å². The zero-order valence-electron chi connectivity index (χ0n) is 10.8. The number of rotatable bonds is 4. The number of hydrogen-bond acceptors (Lipinski definition) is 5. The van der Waals surface area contributed by atoms with Crippen LogP contribution in [-0.2, 0) is 11.2 Å². The van der Waals surface area contributed by atoms with E-state index in [1.54, 1.807) is 24.5 Å². The minimum absolute atomic E-state index is 0.132. The smallest absolute Gasteiger partial charge is 0.317 e. The molecule has 0 radical (unpaired) electrons. The number of carbonyl (C=O) groups excluding carboxylic acids is 1. The molecular formula is C15H10BrNO3S. The molecule has 0 spiro atoms. The third-order valence-corrected chi connectivity index (χ3v) is 4.09. The summed E-state index contributed by atoms with van der Waals surface area (Å²) in [6.07, 6.45) is 1.73. The van der Waals surface area contributed by atoms with Gasteiger partial charge in [-0.25, -0.2) is 4.98 Å². The van der Waals surface area contributed by atoms with E-state index in [1.165, 1.54) is 11.3 Å². The summed E-state index contributed by atoms with van der Waals surface area (Å²) in [5.41, 5.74) is 0.675. The summed E-state index contributed by atoms with van der Waals surface area (Å²) in [7, 11) is 0. The second kappa shape index (κ2) is 6.24. The highest BCUT2D eigenvalue weighted by Crippen LogP contribution is 2.24. The lowest BCUT2D eigenvalue weighted by atomic mass is 10.3. The fourth-order valence-corrected chi connectivity index (χ4v) is 2.77. The molecule has 0 bridgehead atoms. The van der Waals surface area contributed by atoms with Crippen LogP contribution in [0.5, 0.6) is 5.75 Å². The van der Waals surface area contributed by atoms with Gasteiger partial charge in [-0.05, 0) is 36.4 Å². The van der Waals surface area contributed by atoms with Gasteiger partial charge in [0.25, 0.3) is 0 Å². The Hall–Kier alpha value is -1.92. The molecule has 2 heterocycles. The van der Waals surface area contributed by atoms with Gasteiger partial charge in [0.15, 0.2) is 10.8 Å². The maximum atomic E-state index is 11.9. The molecule has 0 aliphatic heterocycles. The lowest BCUT2D eigenvalue weighted by Gasteiger charge is -2.02. The van der Waals surface area contributed by atoms with E-state index in [0.29, 0.717) is 17.2 Å². The predicted molar refractivity (Wildman–Crippen MR) is 83.3 cm³/mol. The Morgan fingerprint density at radius 1 is 1.29 bits per heavy atom. The number of furan rings is 1. The molecule has 0 amide bonds. The molecule has 4 nitrogen and oxygen atoms in total. The third-order valence-electron chi connectivity index (χ3n) is 2.65. The van der Waals surface area contributed by atoms with Gasteiger partial charge in [-0.2, -0.15) is 0 Å². The lowest BCUT2D eigenvalue weighted by molar-refractivity contribution is -0.133. The highest BCUT2D eigenvalue weighted by atomic mass is 79.9. The summed E-state index contributed by atoms with van der Waals surface area (Å²) >= 11 is 4.77. The minimum Gasteiger partial charge on any atom is -0.462 e. The van der Waals surface area contributed by atoms with Crippen molar-refractivity contribution in [3.63, 3.8) is 0 Å². The molecule has 0 aliphatic carbocycles. The highest BCUT2D eigenvalue weighted by Gasteiger charge is 2.12. The number of aromatic nitrogens is 1. The van der Waals surface area contributed by atoms with Crippen LogP contribution in [0.15, 0.2) is 56.9 Å². The number of nitrogens with zero attached hydrogens (tertiary/aromatic N) is 1. The van der Waals surface area contributed by atoms with E-state index < -0.39 is 0 Å². The van der Waals surface area contributed by atoms with Gasteiger partial charge in [0.05, 0.1) is 18.4 Å². The van der Waals surface area contributed by atoms with Crippen LogP contribution in [0.3, 0.4) is 0 Å². The Morgan fingerprint density at radius 3 is 2.81 bits per heavy atom. The average Bonchev–Trinajstić information content (AvgIpc) is 3.12. The Balaban J connectivity index is 1.64. The van der Waals surface area contributed by atoms with E-state index >= 15 is 0 Å².